The van der Waals surface area contributed by atoms with Gasteiger partial charge in [-0.3, -0.25) is 9.69 Å². The van der Waals surface area contributed by atoms with E-state index in [4.69, 9.17) is 4.42 Å². The first kappa shape index (κ1) is 17.5. The molecule has 5 heteroatoms. The lowest BCUT2D eigenvalue weighted by Gasteiger charge is -2.40. The summed E-state index contributed by atoms with van der Waals surface area (Å²) in [6, 6.07) is 4.39. The van der Waals surface area contributed by atoms with E-state index in [0.29, 0.717) is 19.1 Å². The molecule has 1 N–H and O–H groups in total. The van der Waals surface area contributed by atoms with E-state index in [-0.39, 0.29) is 18.4 Å². The quantitative estimate of drug-likeness (QED) is 0.869. The summed E-state index contributed by atoms with van der Waals surface area (Å²) in [5.41, 5.74) is 0. The average Bonchev–Trinajstić information content (AvgIpc) is 3.15. The predicted molar refractivity (Wildman–Crippen MR) is 92.4 cm³/mol. The third-order valence-corrected chi connectivity index (χ3v) is 5.50. The van der Waals surface area contributed by atoms with E-state index < -0.39 is 0 Å². The van der Waals surface area contributed by atoms with Crippen molar-refractivity contribution >= 4 is 5.91 Å². The van der Waals surface area contributed by atoms with Gasteiger partial charge in [0.1, 0.15) is 5.76 Å². The minimum absolute atomic E-state index is 0.00842. The van der Waals surface area contributed by atoms with Crippen LogP contribution in [-0.2, 0) is 11.3 Å². The van der Waals surface area contributed by atoms with E-state index in [9.17, 15) is 9.90 Å². The lowest BCUT2D eigenvalue weighted by atomic mass is 9.89. The van der Waals surface area contributed by atoms with Crippen LogP contribution < -0.4 is 0 Å². The lowest BCUT2D eigenvalue weighted by molar-refractivity contribution is -0.139. The standard InChI is InChI=1S/C19H30N2O3/c22-12-11-21(15-18-9-5-13-24-18)19(23)16-6-4-10-20(14-16)17-7-2-1-3-8-17/h5,9,13,16-17,22H,1-4,6-8,10-12,14-15H2/t16-/m0/s1. The summed E-state index contributed by atoms with van der Waals surface area (Å²) in [5, 5.41) is 9.33. The molecule has 1 atom stereocenters. The Morgan fingerprint density at radius 2 is 2.08 bits per heavy atom. The monoisotopic (exact) mass is 334 g/mol. The zero-order valence-corrected chi connectivity index (χ0v) is 14.5. The third-order valence-electron chi connectivity index (χ3n) is 5.50. The number of aliphatic hydroxyl groups excluding tert-OH is 1. The van der Waals surface area contributed by atoms with Gasteiger partial charge in [-0.25, -0.2) is 0 Å². The van der Waals surface area contributed by atoms with E-state index in [0.717, 1.165) is 31.7 Å². The first-order valence-electron chi connectivity index (χ1n) is 9.44. The van der Waals surface area contributed by atoms with Gasteiger partial charge in [0, 0.05) is 19.1 Å². The summed E-state index contributed by atoms with van der Waals surface area (Å²) in [6.45, 7) is 2.83. The molecule has 1 aromatic heterocycles. The Bertz CT molecular complexity index is 497. The molecule has 0 radical (unpaired) electrons. The van der Waals surface area contributed by atoms with Gasteiger partial charge in [-0.1, -0.05) is 19.3 Å². The van der Waals surface area contributed by atoms with Crippen molar-refractivity contribution in [2.24, 2.45) is 5.92 Å². The number of furan rings is 1. The Hall–Kier alpha value is -1.33. The van der Waals surface area contributed by atoms with Crippen molar-refractivity contribution in [1.29, 1.82) is 0 Å². The fraction of sp³-hybridized carbons (Fsp3) is 0.737. The van der Waals surface area contributed by atoms with Gasteiger partial charge in [-0.05, 0) is 44.4 Å². The van der Waals surface area contributed by atoms with Gasteiger partial charge >= 0.3 is 0 Å². The van der Waals surface area contributed by atoms with Gasteiger partial charge in [0.2, 0.25) is 5.91 Å². The second kappa shape index (κ2) is 8.67. The normalized spacial score (nSPS) is 23.3. The number of carbonyl (C=O) groups is 1. The van der Waals surface area contributed by atoms with E-state index in [1.54, 1.807) is 11.2 Å². The summed E-state index contributed by atoms with van der Waals surface area (Å²) in [4.78, 5) is 17.3. The number of likely N-dealkylation sites (tertiary alicyclic amines) is 1. The summed E-state index contributed by atoms with van der Waals surface area (Å²) < 4.78 is 5.38. The highest BCUT2D eigenvalue weighted by atomic mass is 16.3. The molecule has 2 heterocycles. The molecule has 0 aromatic carbocycles. The second-order valence-corrected chi connectivity index (χ2v) is 7.19. The third kappa shape index (κ3) is 4.39. The van der Waals surface area contributed by atoms with Crippen LogP contribution in [0.3, 0.4) is 0 Å². The van der Waals surface area contributed by atoms with Crippen LogP contribution in [0.2, 0.25) is 0 Å². The number of hydrogen-bond acceptors (Lipinski definition) is 4. The van der Waals surface area contributed by atoms with Gasteiger partial charge in [-0.15, -0.1) is 0 Å². The largest absolute Gasteiger partial charge is 0.467 e. The van der Waals surface area contributed by atoms with Crippen LogP contribution in [0.25, 0.3) is 0 Å². The molecule has 5 nitrogen and oxygen atoms in total. The Labute approximate surface area is 144 Å². The fourth-order valence-corrected chi connectivity index (χ4v) is 4.22. The van der Waals surface area contributed by atoms with Crippen LogP contribution in [0.4, 0.5) is 0 Å². The lowest BCUT2D eigenvalue weighted by Crippen LogP contribution is -2.48. The molecule has 2 aliphatic rings. The molecule has 0 bridgehead atoms. The summed E-state index contributed by atoms with van der Waals surface area (Å²) in [6.07, 6.45) is 10.3. The maximum absolute atomic E-state index is 13.0. The highest BCUT2D eigenvalue weighted by Crippen LogP contribution is 2.28. The van der Waals surface area contributed by atoms with Crippen molar-refractivity contribution in [3.8, 4) is 0 Å². The number of hydrogen-bond donors (Lipinski definition) is 1. The molecule has 1 amide bonds. The van der Waals surface area contributed by atoms with Gasteiger partial charge in [-0.2, -0.15) is 0 Å². The van der Waals surface area contributed by atoms with Gasteiger partial charge in [0.25, 0.3) is 0 Å². The van der Waals surface area contributed by atoms with E-state index >= 15 is 0 Å². The molecule has 134 valence electrons. The number of nitrogens with zero attached hydrogens (tertiary/aromatic N) is 2. The molecule has 0 spiro atoms. The first-order valence-corrected chi connectivity index (χ1v) is 9.44. The molecular weight excluding hydrogens is 304 g/mol. The number of amides is 1. The van der Waals surface area contributed by atoms with Crippen molar-refractivity contribution in [1.82, 2.24) is 9.80 Å². The van der Waals surface area contributed by atoms with E-state index in [1.165, 1.54) is 32.1 Å². The molecule has 1 aliphatic carbocycles. The molecule has 2 fully saturated rings. The van der Waals surface area contributed by atoms with Crippen LogP contribution in [0.1, 0.15) is 50.7 Å². The van der Waals surface area contributed by atoms with Crippen molar-refractivity contribution in [2.75, 3.05) is 26.2 Å². The predicted octanol–water partition coefficient (Wildman–Crippen LogP) is 2.65. The van der Waals surface area contributed by atoms with Crippen LogP contribution in [-0.4, -0.2) is 53.1 Å². The highest BCUT2D eigenvalue weighted by Gasteiger charge is 2.32. The maximum atomic E-state index is 13.0. The van der Waals surface area contributed by atoms with E-state index in [2.05, 4.69) is 4.90 Å². The molecular formula is C19H30N2O3. The Morgan fingerprint density at radius 1 is 1.25 bits per heavy atom. The number of piperidine rings is 1. The Kier molecular flexibility index (Phi) is 6.32. The van der Waals surface area contributed by atoms with Crippen LogP contribution in [0, 0.1) is 5.92 Å². The van der Waals surface area contributed by atoms with Crippen LogP contribution in [0.15, 0.2) is 22.8 Å². The molecule has 3 rings (SSSR count). The van der Waals surface area contributed by atoms with Gasteiger partial charge in [0.15, 0.2) is 0 Å². The van der Waals surface area contributed by atoms with Crippen molar-refractivity contribution < 1.29 is 14.3 Å². The number of rotatable bonds is 6. The first-order chi connectivity index (χ1) is 11.8. The minimum atomic E-state index is -0.00842. The maximum Gasteiger partial charge on any atom is 0.227 e. The molecule has 1 aromatic rings. The van der Waals surface area contributed by atoms with Gasteiger partial charge in [0.05, 0.1) is 25.3 Å². The summed E-state index contributed by atoms with van der Waals surface area (Å²) in [7, 11) is 0. The number of carbonyl (C=O) groups excluding carboxylic acids is 1. The fourth-order valence-electron chi connectivity index (χ4n) is 4.22. The van der Waals surface area contributed by atoms with Crippen molar-refractivity contribution in [2.45, 2.75) is 57.5 Å². The van der Waals surface area contributed by atoms with Crippen LogP contribution >= 0.6 is 0 Å². The molecule has 1 saturated heterocycles. The smallest absolute Gasteiger partial charge is 0.227 e. The number of aliphatic hydroxyl groups is 1. The Balaban J connectivity index is 1.60. The Morgan fingerprint density at radius 3 is 2.79 bits per heavy atom. The topological polar surface area (TPSA) is 56.9 Å². The average molecular weight is 334 g/mol. The van der Waals surface area contributed by atoms with E-state index in [1.807, 2.05) is 12.1 Å². The molecule has 0 unspecified atom stereocenters. The van der Waals surface area contributed by atoms with Crippen LogP contribution in [0.5, 0.6) is 0 Å². The van der Waals surface area contributed by atoms with Crippen molar-refractivity contribution in [3.63, 3.8) is 0 Å². The zero-order valence-electron chi connectivity index (χ0n) is 14.5. The molecule has 1 saturated carbocycles. The minimum Gasteiger partial charge on any atom is -0.467 e. The van der Waals surface area contributed by atoms with Crippen molar-refractivity contribution in [3.05, 3.63) is 24.2 Å². The SMILES string of the molecule is O=C([C@H]1CCCN(C2CCCCC2)C1)N(CCO)Cc1ccco1. The second-order valence-electron chi connectivity index (χ2n) is 7.19. The molecule has 1 aliphatic heterocycles. The highest BCUT2D eigenvalue weighted by molar-refractivity contribution is 5.79. The van der Waals surface area contributed by atoms with Gasteiger partial charge < -0.3 is 14.4 Å². The molecule has 24 heavy (non-hydrogen) atoms. The summed E-state index contributed by atoms with van der Waals surface area (Å²) in [5.74, 6) is 1.000. The summed E-state index contributed by atoms with van der Waals surface area (Å²) >= 11 is 0. The zero-order chi connectivity index (χ0) is 16.8.